The van der Waals surface area contributed by atoms with Crippen LogP contribution in [0.1, 0.15) is 81.5 Å². The number of benzene rings is 1. The van der Waals surface area contributed by atoms with Gasteiger partial charge >= 0.3 is 0 Å². The number of Topliss-reactive ketones (excluding diaryl/α,β-unsaturated/α-hetero) is 2. The second-order valence-electron chi connectivity index (χ2n) is 10.6. The standard InChI is InChI=1S/C27H28F3N5O3/c1-14-9-17(5-8-19(14)28)32-25(38)23-15(2)22(16(3)34(23)4)24(37)20(36)10-26(12-27(29,30)13-26)21-11-31-35(33-21)18-6-7-18/h5,8-9,11,18H,6-7,10,12-13H2,1-4H3,(H,32,38). The average molecular weight is 528 g/mol. The predicted octanol–water partition coefficient (Wildman–Crippen LogP) is 4.78. The summed E-state index contributed by atoms with van der Waals surface area (Å²) in [4.78, 5) is 41.2. The first-order valence-electron chi connectivity index (χ1n) is 12.4. The molecule has 2 aromatic heterocycles. The van der Waals surface area contributed by atoms with Gasteiger partial charge in [-0.25, -0.2) is 13.2 Å². The van der Waals surface area contributed by atoms with E-state index in [1.165, 1.54) is 33.8 Å². The Hall–Kier alpha value is -3.76. The Morgan fingerprint density at radius 3 is 2.42 bits per heavy atom. The minimum Gasteiger partial charge on any atom is -0.343 e. The Kier molecular flexibility index (Phi) is 6.07. The Bertz CT molecular complexity index is 1480. The number of aromatic nitrogens is 4. The maximum absolute atomic E-state index is 14.1. The molecule has 0 bridgehead atoms. The van der Waals surface area contributed by atoms with Gasteiger partial charge in [0.2, 0.25) is 17.5 Å². The number of hydrogen-bond donors (Lipinski definition) is 1. The molecule has 1 amide bonds. The first-order chi connectivity index (χ1) is 17.8. The molecule has 0 aliphatic heterocycles. The van der Waals surface area contributed by atoms with Crippen LogP contribution in [0.5, 0.6) is 0 Å². The van der Waals surface area contributed by atoms with Crippen LogP contribution in [-0.4, -0.2) is 43.0 Å². The zero-order valence-corrected chi connectivity index (χ0v) is 21.6. The number of anilines is 1. The van der Waals surface area contributed by atoms with Crippen LogP contribution in [0.4, 0.5) is 18.9 Å². The molecule has 0 atom stereocenters. The fourth-order valence-corrected chi connectivity index (χ4v) is 5.41. The van der Waals surface area contributed by atoms with Gasteiger partial charge in [-0.15, -0.1) is 0 Å². The van der Waals surface area contributed by atoms with Crippen LogP contribution in [0.25, 0.3) is 0 Å². The van der Waals surface area contributed by atoms with Crippen molar-refractivity contribution in [2.24, 2.45) is 7.05 Å². The molecule has 8 nitrogen and oxygen atoms in total. The molecule has 1 aromatic carbocycles. The molecule has 0 unspecified atom stereocenters. The van der Waals surface area contributed by atoms with E-state index in [0.29, 0.717) is 28.2 Å². The number of nitrogens with one attached hydrogen (secondary N) is 1. The molecule has 11 heteroatoms. The highest BCUT2D eigenvalue weighted by atomic mass is 19.3. The summed E-state index contributed by atoms with van der Waals surface area (Å²) in [7, 11) is 1.60. The van der Waals surface area contributed by atoms with Crippen LogP contribution in [0.15, 0.2) is 24.4 Å². The highest BCUT2D eigenvalue weighted by Gasteiger charge is 2.60. The fraction of sp³-hybridized carbons (Fsp3) is 0.444. The lowest BCUT2D eigenvalue weighted by molar-refractivity contribution is -0.139. The zero-order valence-electron chi connectivity index (χ0n) is 21.6. The highest BCUT2D eigenvalue weighted by Crippen LogP contribution is 2.55. The Balaban J connectivity index is 1.39. The topological polar surface area (TPSA) is 98.9 Å². The SMILES string of the molecule is Cc1cc(NC(=O)c2c(C)c(C(=O)C(=O)CC3(c4cnn(C5CC5)n4)CC(F)(F)C3)c(C)n2C)ccc1F. The number of rotatable bonds is 8. The Labute approximate surface area is 217 Å². The van der Waals surface area contributed by atoms with Crippen molar-refractivity contribution >= 4 is 23.2 Å². The number of halogens is 3. The summed E-state index contributed by atoms with van der Waals surface area (Å²) >= 11 is 0. The van der Waals surface area contributed by atoms with Crippen LogP contribution in [0, 0.1) is 26.6 Å². The van der Waals surface area contributed by atoms with Crippen molar-refractivity contribution in [1.82, 2.24) is 19.6 Å². The Morgan fingerprint density at radius 2 is 1.82 bits per heavy atom. The van der Waals surface area contributed by atoms with Gasteiger partial charge in [-0.3, -0.25) is 14.4 Å². The lowest BCUT2D eigenvalue weighted by Gasteiger charge is -2.45. The maximum Gasteiger partial charge on any atom is 0.272 e. The van der Waals surface area contributed by atoms with E-state index in [2.05, 4.69) is 15.5 Å². The molecule has 5 rings (SSSR count). The number of carbonyl (C=O) groups is 3. The van der Waals surface area contributed by atoms with Gasteiger partial charge in [-0.05, 0) is 62.9 Å². The minimum atomic E-state index is -2.95. The molecule has 2 fully saturated rings. The van der Waals surface area contributed by atoms with Crippen molar-refractivity contribution < 1.29 is 27.6 Å². The molecule has 38 heavy (non-hydrogen) atoms. The molecule has 2 aliphatic rings. The van der Waals surface area contributed by atoms with E-state index in [1.54, 1.807) is 27.8 Å². The van der Waals surface area contributed by atoms with Crippen molar-refractivity contribution in [2.75, 3.05) is 5.32 Å². The van der Waals surface area contributed by atoms with E-state index in [4.69, 9.17) is 0 Å². The first kappa shape index (κ1) is 25.9. The van der Waals surface area contributed by atoms with Crippen molar-refractivity contribution in [2.45, 2.75) is 70.3 Å². The van der Waals surface area contributed by atoms with Gasteiger partial charge in [-0.1, -0.05) is 0 Å². The molecule has 200 valence electrons. The largest absolute Gasteiger partial charge is 0.343 e. The lowest BCUT2D eigenvalue weighted by Crippen LogP contribution is -2.51. The van der Waals surface area contributed by atoms with Gasteiger partial charge in [0.15, 0.2) is 0 Å². The average Bonchev–Trinajstić information content (AvgIpc) is 3.50. The third-order valence-corrected chi connectivity index (χ3v) is 7.66. The van der Waals surface area contributed by atoms with E-state index >= 15 is 0 Å². The molecular weight excluding hydrogens is 499 g/mol. The summed E-state index contributed by atoms with van der Waals surface area (Å²) in [5.41, 5.74) is 0.702. The summed E-state index contributed by atoms with van der Waals surface area (Å²) in [6, 6.07) is 4.30. The molecule has 0 saturated heterocycles. The normalized spacial score (nSPS) is 17.7. The summed E-state index contributed by atoms with van der Waals surface area (Å²) in [6.45, 7) is 4.75. The van der Waals surface area contributed by atoms with Crippen LogP contribution >= 0.6 is 0 Å². The van der Waals surface area contributed by atoms with Gasteiger partial charge in [0.05, 0.1) is 23.5 Å². The smallest absolute Gasteiger partial charge is 0.272 e. The molecule has 3 aromatic rings. The second-order valence-corrected chi connectivity index (χ2v) is 10.6. The fourth-order valence-electron chi connectivity index (χ4n) is 5.41. The van der Waals surface area contributed by atoms with Gasteiger partial charge in [0.1, 0.15) is 11.5 Å². The molecule has 2 aliphatic carbocycles. The van der Waals surface area contributed by atoms with Gasteiger partial charge in [0.25, 0.3) is 5.91 Å². The predicted molar refractivity (Wildman–Crippen MR) is 132 cm³/mol. The molecule has 2 heterocycles. The van der Waals surface area contributed by atoms with Gasteiger partial charge in [0, 0.05) is 43.1 Å². The third-order valence-electron chi connectivity index (χ3n) is 7.66. The van der Waals surface area contributed by atoms with Crippen LogP contribution in [-0.2, 0) is 17.3 Å². The molecule has 2 saturated carbocycles. The lowest BCUT2D eigenvalue weighted by atomic mass is 9.61. The minimum absolute atomic E-state index is 0.0702. The molecule has 0 spiro atoms. The van der Waals surface area contributed by atoms with E-state index in [9.17, 15) is 27.6 Å². The van der Waals surface area contributed by atoms with Crippen LogP contribution < -0.4 is 5.32 Å². The molecule has 0 radical (unpaired) electrons. The number of alkyl halides is 2. The monoisotopic (exact) mass is 527 g/mol. The van der Waals surface area contributed by atoms with Crippen molar-refractivity contribution in [3.63, 3.8) is 0 Å². The van der Waals surface area contributed by atoms with Crippen LogP contribution in [0.2, 0.25) is 0 Å². The van der Waals surface area contributed by atoms with Crippen molar-refractivity contribution in [1.29, 1.82) is 0 Å². The number of carbonyl (C=O) groups excluding carboxylic acids is 3. The molecule has 1 N–H and O–H groups in total. The summed E-state index contributed by atoms with van der Waals surface area (Å²) in [5.74, 6) is -5.54. The van der Waals surface area contributed by atoms with E-state index in [0.717, 1.165) is 12.8 Å². The Morgan fingerprint density at radius 1 is 1.13 bits per heavy atom. The zero-order chi connectivity index (χ0) is 27.6. The maximum atomic E-state index is 14.1. The summed E-state index contributed by atoms with van der Waals surface area (Å²) in [5, 5.41) is 11.3. The highest BCUT2D eigenvalue weighted by molar-refractivity contribution is 6.44. The number of amides is 1. The number of ketones is 2. The second kappa shape index (κ2) is 8.92. The summed E-state index contributed by atoms with van der Waals surface area (Å²) in [6.07, 6.45) is 1.66. The quantitative estimate of drug-likeness (QED) is 0.336. The van der Waals surface area contributed by atoms with Crippen molar-refractivity contribution in [3.05, 3.63) is 64.0 Å². The number of aryl methyl sites for hydroxylation is 1. The van der Waals surface area contributed by atoms with E-state index in [1.807, 2.05) is 0 Å². The van der Waals surface area contributed by atoms with Gasteiger partial charge < -0.3 is 9.88 Å². The van der Waals surface area contributed by atoms with E-state index < -0.39 is 53.9 Å². The number of nitrogens with zero attached hydrogens (tertiary/aromatic N) is 4. The number of hydrogen-bond acceptors (Lipinski definition) is 5. The van der Waals surface area contributed by atoms with Crippen molar-refractivity contribution in [3.8, 4) is 0 Å². The first-order valence-corrected chi connectivity index (χ1v) is 12.4. The van der Waals surface area contributed by atoms with E-state index in [-0.39, 0.29) is 17.3 Å². The molecular formula is C27H28F3N5O3. The van der Waals surface area contributed by atoms with Gasteiger partial charge in [-0.2, -0.15) is 15.0 Å². The third kappa shape index (κ3) is 4.43. The summed E-state index contributed by atoms with van der Waals surface area (Å²) < 4.78 is 43.2. The van der Waals surface area contributed by atoms with Crippen LogP contribution in [0.3, 0.4) is 0 Å².